The minimum atomic E-state index is -0.240. The van der Waals surface area contributed by atoms with E-state index >= 15 is 0 Å². The van der Waals surface area contributed by atoms with Crippen LogP contribution in [0.1, 0.15) is 37.3 Å². The van der Waals surface area contributed by atoms with Crippen LogP contribution >= 0.6 is 22.9 Å². The zero-order chi connectivity index (χ0) is 15.4. The molecule has 0 unspecified atom stereocenters. The minimum Gasteiger partial charge on any atom is -0.300 e. The molecule has 1 aromatic carbocycles. The Kier molecular flexibility index (Phi) is 5.31. The van der Waals surface area contributed by atoms with E-state index in [-0.39, 0.29) is 17.7 Å². The molecule has 1 aromatic heterocycles. The van der Waals surface area contributed by atoms with E-state index in [0.29, 0.717) is 10.2 Å². The summed E-state index contributed by atoms with van der Waals surface area (Å²) in [4.78, 5) is 12.5. The number of carbonyl (C=O) groups excluding carboxylic acids is 1. The summed E-state index contributed by atoms with van der Waals surface area (Å²) in [5, 5.41) is 13.0. The van der Waals surface area contributed by atoms with E-state index < -0.39 is 0 Å². The van der Waals surface area contributed by atoms with Gasteiger partial charge < -0.3 is 0 Å². The lowest BCUT2D eigenvalue weighted by Crippen LogP contribution is -2.25. The lowest BCUT2D eigenvalue weighted by molar-refractivity contribution is -0.118. The summed E-state index contributed by atoms with van der Waals surface area (Å²) >= 11 is 7.32. The van der Waals surface area contributed by atoms with Crippen LogP contribution in [0.2, 0.25) is 5.02 Å². The van der Waals surface area contributed by atoms with Crippen molar-refractivity contribution in [1.29, 1.82) is 0 Å². The second kappa shape index (κ2) is 7.00. The summed E-state index contributed by atoms with van der Waals surface area (Å²) in [5.41, 5.74) is 0.951. The van der Waals surface area contributed by atoms with Gasteiger partial charge in [-0.1, -0.05) is 55.8 Å². The van der Waals surface area contributed by atoms with Crippen molar-refractivity contribution < 1.29 is 4.79 Å². The van der Waals surface area contributed by atoms with Gasteiger partial charge in [0.25, 0.3) is 0 Å². The molecule has 21 heavy (non-hydrogen) atoms. The molecule has 0 aliphatic heterocycles. The summed E-state index contributed by atoms with van der Waals surface area (Å²) in [5.74, 6) is -0.132. The van der Waals surface area contributed by atoms with Crippen LogP contribution < -0.4 is 5.32 Å². The van der Waals surface area contributed by atoms with Gasteiger partial charge in [-0.25, -0.2) is 0 Å². The highest BCUT2D eigenvalue weighted by molar-refractivity contribution is 7.15. The maximum absolute atomic E-state index is 12.5. The molecule has 112 valence electrons. The second-order valence-corrected chi connectivity index (χ2v) is 6.62. The van der Waals surface area contributed by atoms with Crippen LogP contribution in [0.4, 0.5) is 5.13 Å². The van der Waals surface area contributed by atoms with Crippen molar-refractivity contribution in [1.82, 2.24) is 10.2 Å². The molecule has 0 spiro atoms. The molecule has 2 rings (SSSR count). The fourth-order valence-corrected chi connectivity index (χ4v) is 2.95. The Morgan fingerprint density at radius 2 is 1.95 bits per heavy atom. The first-order valence-electron chi connectivity index (χ1n) is 6.90. The minimum absolute atomic E-state index is 0.0638. The predicted molar refractivity (Wildman–Crippen MR) is 86.9 cm³/mol. The van der Waals surface area contributed by atoms with Crippen molar-refractivity contribution in [3.63, 3.8) is 0 Å². The monoisotopic (exact) mass is 323 g/mol. The van der Waals surface area contributed by atoms with Crippen molar-refractivity contribution in [2.45, 2.75) is 33.1 Å². The van der Waals surface area contributed by atoms with Crippen molar-refractivity contribution >= 4 is 34.0 Å². The van der Waals surface area contributed by atoms with Gasteiger partial charge in [-0.05, 0) is 30.0 Å². The molecule has 0 aliphatic rings. The molecule has 0 radical (unpaired) electrons. The Balaban J connectivity index is 2.17. The number of halogens is 1. The molecular formula is C15H18ClN3OS. The second-order valence-electron chi connectivity index (χ2n) is 5.12. The molecule has 4 nitrogen and oxygen atoms in total. The lowest BCUT2D eigenvalue weighted by Gasteiger charge is -2.20. The molecule has 2 aromatic rings. The van der Waals surface area contributed by atoms with Gasteiger partial charge in [0.05, 0.1) is 5.92 Å². The third-order valence-electron chi connectivity index (χ3n) is 3.18. The number of nitrogens with zero attached hydrogens (tertiary/aromatic N) is 2. The van der Waals surface area contributed by atoms with Crippen molar-refractivity contribution in [3.8, 4) is 0 Å². The third kappa shape index (κ3) is 4.02. The molecule has 6 heteroatoms. The Bertz CT molecular complexity index is 610. The summed E-state index contributed by atoms with van der Waals surface area (Å²) in [6, 6.07) is 7.40. The Labute approximate surface area is 133 Å². The standard InChI is InChI=1S/C15H18ClN3OS/c1-4-12-18-19-15(21-12)17-14(20)13(9(2)3)10-5-7-11(16)8-6-10/h5-9,13H,4H2,1-3H3,(H,17,19,20)/t13-/m0/s1. The van der Waals surface area contributed by atoms with Crippen molar-refractivity contribution in [2.24, 2.45) is 5.92 Å². The van der Waals surface area contributed by atoms with E-state index in [2.05, 4.69) is 15.5 Å². The number of anilines is 1. The number of aromatic nitrogens is 2. The highest BCUT2D eigenvalue weighted by atomic mass is 35.5. The number of hydrogen-bond donors (Lipinski definition) is 1. The van der Waals surface area contributed by atoms with Gasteiger partial charge in [0.2, 0.25) is 11.0 Å². The Morgan fingerprint density at radius 1 is 1.29 bits per heavy atom. The molecule has 0 aliphatic carbocycles. The SMILES string of the molecule is CCc1nnc(NC(=O)[C@H](c2ccc(Cl)cc2)C(C)C)s1. The van der Waals surface area contributed by atoms with Crippen LogP contribution in [0.5, 0.6) is 0 Å². The topological polar surface area (TPSA) is 54.9 Å². The number of aryl methyl sites for hydroxylation is 1. The van der Waals surface area contributed by atoms with E-state index in [1.807, 2.05) is 32.9 Å². The van der Waals surface area contributed by atoms with Gasteiger partial charge in [0.15, 0.2) is 0 Å². The number of amides is 1. The van der Waals surface area contributed by atoms with E-state index in [4.69, 9.17) is 11.6 Å². The largest absolute Gasteiger partial charge is 0.300 e. The highest BCUT2D eigenvalue weighted by Crippen LogP contribution is 2.28. The average molecular weight is 324 g/mol. The number of nitrogens with one attached hydrogen (secondary N) is 1. The van der Waals surface area contributed by atoms with Gasteiger partial charge in [0.1, 0.15) is 5.01 Å². The zero-order valence-electron chi connectivity index (χ0n) is 12.3. The van der Waals surface area contributed by atoms with Crippen LogP contribution in [-0.4, -0.2) is 16.1 Å². The summed E-state index contributed by atoms with van der Waals surface area (Å²) in [6.45, 7) is 6.06. The molecule has 0 saturated heterocycles. The van der Waals surface area contributed by atoms with E-state index in [0.717, 1.165) is 17.0 Å². The number of rotatable bonds is 5. The van der Waals surface area contributed by atoms with Crippen LogP contribution in [-0.2, 0) is 11.2 Å². The summed E-state index contributed by atoms with van der Waals surface area (Å²) in [6.07, 6.45) is 0.818. The Morgan fingerprint density at radius 3 is 2.48 bits per heavy atom. The smallest absolute Gasteiger partial charge is 0.234 e. The molecule has 0 bridgehead atoms. The first-order chi connectivity index (χ1) is 10.0. The van der Waals surface area contributed by atoms with Gasteiger partial charge in [-0.3, -0.25) is 10.1 Å². The lowest BCUT2D eigenvalue weighted by atomic mass is 9.88. The molecule has 1 N–H and O–H groups in total. The maximum Gasteiger partial charge on any atom is 0.234 e. The fraction of sp³-hybridized carbons (Fsp3) is 0.400. The van der Waals surface area contributed by atoms with Crippen LogP contribution in [0.25, 0.3) is 0 Å². The number of benzene rings is 1. The zero-order valence-corrected chi connectivity index (χ0v) is 13.8. The van der Waals surface area contributed by atoms with Gasteiger partial charge in [0, 0.05) is 5.02 Å². The van der Waals surface area contributed by atoms with Crippen molar-refractivity contribution in [2.75, 3.05) is 5.32 Å². The maximum atomic E-state index is 12.5. The molecule has 1 atom stereocenters. The number of carbonyl (C=O) groups is 1. The van der Waals surface area contributed by atoms with Crippen LogP contribution in [0, 0.1) is 5.92 Å². The van der Waals surface area contributed by atoms with Crippen LogP contribution in [0.15, 0.2) is 24.3 Å². The molecule has 1 heterocycles. The summed E-state index contributed by atoms with van der Waals surface area (Å²) in [7, 11) is 0. The third-order valence-corrected chi connectivity index (χ3v) is 4.41. The predicted octanol–water partition coefficient (Wildman–Crippen LogP) is 4.13. The van der Waals surface area contributed by atoms with Crippen molar-refractivity contribution in [3.05, 3.63) is 39.9 Å². The summed E-state index contributed by atoms with van der Waals surface area (Å²) < 4.78 is 0. The van der Waals surface area contributed by atoms with Gasteiger partial charge in [-0.15, -0.1) is 10.2 Å². The van der Waals surface area contributed by atoms with E-state index in [1.165, 1.54) is 11.3 Å². The molecular weight excluding hydrogens is 306 g/mol. The quantitative estimate of drug-likeness (QED) is 0.900. The van der Waals surface area contributed by atoms with Gasteiger partial charge in [-0.2, -0.15) is 0 Å². The van der Waals surface area contributed by atoms with Crippen LogP contribution in [0.3, 0.4) is 0 Å². The van der Waals surface area contributed by atoms with E-state index in [1.54, 1.807) is 12.1 Å². The fourth-order valence-electron chi connectivity index (χ4n) is 2.14. The first kappa shape index (κ1) is 15.9. The molecule has 0 saturated carbocycles. The highest BCUT2D eigenvalue weighted by Gasteiger charge is 2.25. The first-order valence-corrected chi connectivity index (χ1v) is 8.09. The normalized spacial score (nSPS) is 12.4. The molecule has 1 amide bonds. The number of hydrogen-bond acceptors (Lipinski definition) is 4. The molecule has 0 fully saturated rings. The Hall–Kier alpha value is -1.46. The van der Waals surface area contributed by atoms with Gasteiger partial charge >= 0.3 is 0 Å². The van der Waals surface area contributed by atoms with E-state index in [9.17, 15) is 4.79 Å². The average Bonchev–Trinajstić information content (AvgIpc) is 2.88.